The first-order valence-corrected chi connectivity index (χ1v) is 7.90. The lowest BCUT2D eigenvalue weighted by Gasteiger charge is -2.33. The van der Waals surface area contributed by atoms with E-state index in [1.54, 1.807) is 4.90 Å². The third-order valence-corrected chi connectivity index (χ3v) is 3.78. The molecule has 1 aliphatic rings. The molecule has 1 aromatic rings. The molecule has 0 aromatic heterocycles. The molecule has 3 N–H and O–H groups in total. The maximum Gasteiger partial charge on any atom is 0.410 e. The molecular formula is C17H27N3O2. The van der Waals surface area contributed by atoms with Crippen molar-refractivity contribution in [1.82, 2.24) is 10.2 Å². The number of carbonyl (C=O) groups excluding carboxylic acids is 1. The summed E-state index contributed by atoms with van der Waals surface area (Å²) in [5.41, 5.74) is 7.46. The van der Waals surface area contributed by atoms with Crippen LogP contribution in [-0.2, 0) is 11.3 Å². The molecule has 1 amide bonds. The highest BCUT2D eigenvalue weighted by atomic mass is 16.6. The minimum absolute atomic E-state index is 0.210. The fraction of sp³-hybridized carbons (Fsp3) is 0.588. The Morgan fingerprint density at radius 1 is 1.32 bits per heavy atom. The van der Waals surface area contributed by atoms with Crippen LogP contribution in [-0.4, -0.2) is 35.7 Å². The quantitative estimate of drug-likeness (QED) is 0.843. The van der Waals surface area contributed by atoms with E-state index in [1.165, 1.54) is 0 Å². The molecule has 0 saturated carbocycles. The Morgan fingerprint density at radius 2 is 1.95 bits per heavy atom. The third-order valence-electron chi connectivity index (χ3n) is 3.78. The topological polar surface area (TPSA) is 67.6 Å². The molecule has 122 valence electrons. The fourth-order valence-corrected chi connectivity index (χ4v) is 2.54. The monoisotopic (exact) mass is 305 g/mol. The van der Waals surface area contributed by atoms with Crippen LogP contribution in [0.1, 0.15) is 39.2 Å². The van der Waals surface area contributed by atoms with Gasteiger partial charge in [0.25, 0.3) is 0 Å². The Balaban J connectivity index is 1.76. The summed E-state index contributed by atoms with van der Waals surface area (Å²) >= 11 is 0. The van der Waals surface area contributed by atoms with Gasteiger partial charge in [0, 0.05) is 31.4 Å². The Morgan fingerprint density at radius 3 is 2.55 bits per heavy atom. The number of hydrogen-bond acceptors (Lipinski definition) is 4. The molecule has 5 heteroatoms. The fourth-order valence-electron chi connectivity index (χ4n) is 2.54. The number of piperidine rings is 1. The molecule has 0 radical (unpaired) electrons. The molecule has 0 spiro atoms. The summed E-state index contributed by atoms with van der Waals surface area (Å²) in [4.78, 5) is 13.8. The van der Waals surface area contributed by atoms with Crippen LogP contribution in [0.3, 0.4) is 0 Å². The molecular weight excluding hydrogens is 278 g/mol. The van der Waals surface area contributed by atoms with Crippen LogP contribution < -0.4 is 11.1 Å². The molecule has 0 bridgehead atoms. The number of carbonyl (C=O) groups is 1. The SMILES string of the molecule is CC(C)(C)OC(=O)N1CCC(NCc2ccccc2N)CC1. The van der Waals surface area contributed by atoms with Gasteiger partial charge in [-0.2, -0.15) is 0 Å². The number of likely N-dealkylation sites (tertiary alicyclic amines) is 1. The number of nitrogen functional groups attached to an aromatic ring is 1. The van der Waals surface area contributed by atoms with E-state index in [1.807, 2.05) is 45.0 Å². The molecule has 0 atom stereocenters. The van der Waals surface area contributed by atoms with Crippen LogP contribution in [0.15, 0.2) is 24.3 Å². The van der Waals surface area contributed by atoms with Crippen molar-refractivity contribution >= 4 is 11.8 Å². The molecule has 1 saturated heterocycles. The third kappa shape index (κ3) is 4.91. The summed E-state index contributed by atoms with van der Waals surface area (Å²) in [6.45, 7) is 7.91. The van der Waals surface area contributed by atoms with E-state index in [0.29, 0.717) is 6.04 Å². The van der Waals surface area contributed by atoms with Gasteiger partial charge >= 0.3 is 6.09 Å². The zero-order chi connectivity index (χ0) is 16.2. The van der Waals surface area contributed by atoms with Gasteiger partial charge < -0.3 is 20.7 Å². The van der Waals surface area contributed by atoms with Crippen molar-refractivity contribution in [2.45, 2.75) is 51.8 Å². The van der Waals surface area contributed by atoms with Crippen molar-refractivity contribution in [2.24, 2.45) is 0 Å². The smallest absolute Gasteiger partial charge is 0.410 e. The first kappa shape index (κ1) is 16.6. The van der Waals surface area contributed by atoms with Gasteiger partial charge in [0.05, 0.1) is 0 Å². The lowest BCUT2D eigenvalue weighted by atomic mass is 10.0. The first-order chi connectivity index (χ1) is 10.3. The van der Waals surface area contributed by atoms with Gasteiger partial charge in [0.2, 0.25) is 0 Å². The van der Waals surface area contributed by atoms with Gasteiger partial charge in [0.1, 0.15) is 5.60 Å². The zero-order valence-electron chi connectivity index (χ0n) is 13.8. The van der Waals surface area contributed by atoms with Crippen molar-refractivity contribution in [3.05, 3.63) is 29.8 Å². The summed E-state index contributed by atoms with van der Waals surface area (Å²) in [6, 6.07) is 8.31. The van der Waals surface area contributed by atoms with Crippen LogP contribution >= 0.6 is 0 Å². The maximum absolute atomic E-state index is 12.0. The van der Waals surface area contributed by atoms with Gasteiger partial charge in [-0.1, -0.05) is 18.2 Å². The van der Waals surface area contributed by atoms with Crippen LogP contribution in [0.25, 0.3) is 0 Å². The van der Waals surface area contributed by atoms with Crippen molar-refractivity contribution in [1.29, 1.82) is 0 Å². The molecule has 1 aromatic carbocycles. The molecule has 5 nitrogen and oxygen atoms in total. The summed E-state index contributed by atoms with van der Waals surface area (Å²) in [5, 5.41) is 3.53. The van der Waals surface area contributed by atoms with Crippen molar-refractivity contribution in [2.75, 3.05) is 18.8 Å². The first-order valence-electron chi connectivity index (χ1n) is 7.90. The van der Waals surface area contributed by atoms with E-state index in [0.717, 1.165) is 43.7 Å². The highest BCUT2D eigenvalue weighted by Gasteiger charge is 2.26. The summed E-state index contributed by atoms with van der Waals surface area (Å²) in [7, 11) is 0. The number of amides is 1. The van der Waals surface area contributed by atoms with E-state index in [9.17, 15) is 4.79 Å². The number of para-hydroxylation sites is 1. The Kier molecular flexibility index (Phi) is 5.29. The normalized spacial score (nSPS) is 16.6. The van der Waals surface area contributed by atoms with Gasteiger partial charge in [-0.25, -0.2) is 4.79 Å². The average Bonchev–Trinajstić information content (AvgIpc) is 2.45. The second-order valence-corrected chi connectivity index (χ2v) is 6.82. The van der Waals surface area contributed by atoms with Crippen LogP contribution in [0.4, 0.5) is 10.5 Å². The molecule has 1 heterocycles. The number of benzene rings is 1. The molecule has 1 aliphatic heterocycles. The van der Waals surface area contributed by atoms with Crippen molar-refractivity contribution in [3.8, 4) is 0 Å². The Hall–Kier alpha value is -1.75. The van der Waals surface area contributed by atoms with E-state index in [4.69, 9.17) is 10.5 Å². The van der Waals surface area contributed by atoms with Crippen molar-refractivity contribution < 1.29 is 9.53 Å². The van der Waals surface area contributed by atoms with Gasteiger partial charge in [-0.05, 0) is 45.2 Å². The standard InChI is InChI=1S/C17H27N3O2/c1-17(2,3)22-16(21)20-10-8-14(9-11-20)19-12-13-6-4-5-7-15(13)18/h4-7,14,19H,8-12,18H2,1-3H3. The van der Waals surface area contributed by atoms with E-state index < -0.39 is 5.60 Å². The van der Waals surface area contributed by atoms with E-state index >= 15 is 0 Å². The minimum atomic E-state index is -0.434. The Bertz CT molecular complexity index is 503. The number of nitrogens with one attached hydrogen (secondary N) is 1. The highest BCUT2D eigenvalue weighted by molar-refractivity contribution is 5.68. The Labute approximate surface area is 132 Å². The van der Waals surface area contributed by atoms with Crippen molar-refractivity contribution in [3.63, 3.8) is 0 Å². The number of anilines is 1. The number of hydrogen-bond donors (Lipinski definition) is 2. The second kappa shape index (κ2) is 7.01. The number of nitrogens with zero attached hydrogens (tertiary/aromatic N) is 1. The van der Waals surface area contributed by atoms with E-state index in [-0.39, 0.29) is 6.09 Å². The lowest BCUT2D eigenvalue weighted by Crippen LogP contribution is -2.46. The van der Waals surface area contributed by atoms with Crippen LogP contribution in [0.5, 0.6) is 0 Å². The lowest BCUT2D eigenvalue weighted by molar-refractivity contribution is 0.0198. The van der Waals surface area contributed by atoms with Gasteiger partial charge in [0.15, 0.2) is 0 Å². The molecule has 1 fully saturated rings. The van der Waals surface area contributed by atoms with Crippen LogP contribution in [0, 0.1) is 0 Å². The highest BCUT2D eigenvalue weighted by Crippen LogP contribution is 2.16. The van der Waals surface area contributed by atoms with Crippen LogP contribution in [0.2, 0.25) is 0 Å². The average molecular weight is 305 g/mol. The van der Waals surface area contributed by atoms with Gasteiger partial charge in [-0.3, -0.25) is 0 Å². The predicted octanol–water partition coefficient (Wildman–Crippen LogP) is 2.76. The number of nitrogens with two attached hydrogens (primary N) is 1. The number of ether oxygens (including phenoxy) is 1. The summed E-state index contributed by atoms with van der Waals surface area (Å²) in [5.74, 6) is 0. The molecule has 0 unspecified atom stereocenters. The largest absolute Gasteiger partial charge is 0.444 e. The summed E-state index contributed by atoms with van der Waals surface area (Å²) in [6.07, 6.45) is 1.66. The van der Waals surface area contributed by atoms with Gasteiger partial charge in [-0.15, -0.1) is 0 Å². The predicted molar refractivity (Wildman–Crippen MR) is 88.5 cm³/mol. The maximum atomic E-state index is 12.0. The number of rotatable bonds is 3. The molecule has 0 aliphatic carbocycles. The second-order valence-electron chi connectivity index (χ2n) is 6.82. The molecule has 2 rings (SSSR count). The summed E-state index contributed by atoms with van der Waals surface area (Å²) < 4.78 is 5.41. The molecule has 22 heavy (non-hydrogen) atoms. The zero-order valence-corrected chi connectivity index (χ0v) is 13.8. The minimum Gasteiger partial charge on any atom is -0.444 e. The van der Waals surface area contributed by atoms with E-state index in [2.05, 4.69) is 5.32 Å².